The summed E-state index contributed by atoms with van der Waals surface area (Å²) >= 11 is 0. The summed E-state index contributed by atoms with van der Waals surface area (Å²) in [5, 5.41) is 12.0. The van der Waals surface area contributed by atoms with E-state index in [4.69, 9.17) is 5.11 Å². The molecule has 1 saturated heterocycles. The number of likely N-dealkylation sites (tertiary alicyclic amines) is 1. The molecule has 0 radical (unpaired) electrons. The van der Waals surface area contributed by atoms with Crippen molar-refractivity contribution in [2.45, 2.75) is 51.1 Å². The van der Waals surface area contributed by atoms with Crippen LogP contribution in [0.3, 0.4) is 0 Å². The van der Waals surface area contributed by atoms with E-state index < -0.39 is 5.97 Å². The second-order valence-corrected chi connectivity index (χ2v) is 6.27. The highest BCUT2D eigenvalue weighted by molar-refractivity contribution is 5.75. The maximum atomic E-state index is 12.3. The molecular formula is C15H27N3O3. The van der Waals surface area contributed by atoms with Gasteiger partial charge in [-0.3, -0.25) is 4.79 Å². The molecule has 2 fully saturated rings. The first kappa shape index (κ1) is 16.1. The number of carboxylic acid groups (broad SMARTS) is 1. The minimum absolute atomic E-state index is 0.0109. The molecule has 0 spiro atoms. The summed E-state index contributed by atoms with van der Waals surface area (Å²) < 4.78 is 0. The van der Waals surface area contributed by atoms with Crippen LogP contribution in [0.2, 0.25) is 0 Å². The maximum Gasteiger partial charge on any atom is 0.317 e. The fourth-order valence-corrected chi connectivity index (χ4v) is 3.40. The number of amides is 2. The van der Waals surface area contributed by atoms with Crippen LogP contribution in [0.5, 0.6) is 0 Å². The zero-order valence-corrected chi connectivity index (χ0v) is 13.0. The molecular weight excluding hydrogens is 270 g/mol. The number of rotatable bonds is 4. The third-order valence-electron chi connectivity index (χ3n) is 4.98. The number of aliphatic carboxylic acids is 1. The lowest BCUT2D eigenvalue weighted by atomic mass is 10.0. The molecule has 2 aliphatic rings. The summed E-state index contributed by atoms with van der Waals surface area (Å²) in [6, 6.07) is 0.252. The molecule has 120 valence electrons. The molecule has 1 aliphatic carbocycles. The quantitative estimate of drug-likeness (QED) is 0.822. The first-order valence-electron chi connectivity index (χ1n) is 7.99. The number of nitrogens with zero attached hydrogens (tertiary/aromatic N) is 2. The topological polar surface area (TPSA) is 72.9 Å². The summed E-state index contributed by atoms with van der Waals surface area (Å²) in [4.78, 5) is 27.4. The summed E-state index contributed by atoms with van der Waals surface area (Å²) in [6.45, 7) is 5.32. The first-order chi connectivity index (χ1) is 10.0. The summed E-state index contributed by atoms with van der Waals surface area (Å²) in [5.74, 6) is -1.04. The van der Waals surface area contributed by atoms with Gasteiger partial charge in [0.05, 0.1) is 5.92 Å². The number of hydrogen-bond acceptors (Lipinski definition) is 3. The summed E-state index contributed by atoms with van der Waals surface area (Å²) in [7, 11) is 1.85. The van der Waals surface area contributed by atoms with E-state index in [0.717, 1.165) is 38.9 Å². The minimum Gasteiger partial charge on any atom is -0.481 e. The van der Waals surface area contributed by atoms with E-state index in [0.29, 0.717) is 18.9 Å². The Morgan fingerprint density at radius 1 is 1.24 bits per heavy atom. The Balaban J connectivity index is 1.77. The molecule has 6 heteroatoms. The van der Waals surface area contributed by atoms with Crippen LogP contribution in [0.25, 0.3) is 0 Å². The van der Waals surface area contributed by atoms with Gasteiger partial charge in [0.15, 0.2) is 0 Å². The highest BCUT2D eigenvalue weighted by atomic mass is 16.4. The van der Waals surface area contributed by atoms with Crippen molar-refractivity contribution < 1.29 is 14.7 Å². The Labute approximate surface area is 126 Å². The number of urea groups is 1. The molecule has 1 aliphatic heterocycles. The van der Waals surface area contributed by atoms with Crippen molar-refractivity contribution in [1.82, 2.24) is 15.1 Å². The van der Waals surface area contributed by atoms with Crippen LogP contribution >= 0.6 is 0 Å². The number of nitrogens with one attached hydrogen (secondary N) is 1. The van der Waals surface area contributed by atoms with Crippen molar-refractivity contribution in [2.24, 2.45) is 5.92 Å². The number of hydrogen-bond donors (Lipinski definition) is 2. The van der Waals surface area contributed by atoms with Gasteiger partial charge >= 0.3 is 12.0 Å². The molecule has 6 nitrogen and oxygen atoms in total. The van der Waals surface area contributed by atoms with E-state index in [1.54, 1.807) is 4.90 Å². The van der Waals surface area contributed by atoms with Gasteiger partial charge in [-0.2, -0.15) is 0 Å². The Kier molecular flexibility index (Phi) is 5.45. The van der Waals surface area contributed by atoms with E-state index in [1.807, 2.05) is 7.05 Å². The highest BCUT2D eigenvalue weighted by Crippen LogP contribution is 2.26. The van der Waals surface area contributed by atoms with Gasteiger partial charge in [-0.15, -0.1) is 0 Å². The van der Waals surface area contributed by atoms with Crippen LogP contribution in [0.15, 0.2) is 0 Å². The molecule has 0 aromatic carbocycles. The number of carbonyl (C=O) groups is 2. The van der Waals surface area contributed by atoms with Gasteiger partial charge < -0.3 is 20.2 Å². The molecule has 0 aromatic rings. The van der Waals surface area contributed by atoms with Crippen molar-refractivity contribution >= 4 is 12.0 Å². The first-order valence-corrected chi connectivity index (χ1v) is 7.99. The third kappa shape index (κ3) is 4.09. The third-order valence-corrected chi connectivity index (χ3v) is 4.98. The number of carbonyl (C=O) groups excluding carboxylic acids is 1. The highest BCUT2D eigenvalue weighted by Gasteiger charge is 2.32. The Morgan fingerprint density at radius 3 is 2.43 bits per heavy atom. The molecule has 1 saturated carbocycles. The van der Waals surface area contributed by atoms with Crippen molar-refractivity contribution in [3.8, 4) is 0 Å². The maximum absolute atomic E-state index is 12.3. The molecule has 2 amide bonds. The van der Waals surface area contributed by atoms with E-state index in [1.165, 1.54) is 0 Å². The molecule has 2 N–H and O–H groups in total. The van der Waals surface area contributed by atoms with Gasteiger partial charge in [-0.05, 0) is 38.6 Å². The molecule has 2 unspecified atom stereocenters. The van der Waals surface area contributed by atoms with Gasteiger partial charge in [0.1, 0.15) is 0 Å². The zero-order chi connectivity index (χ0) is 15.4. The van der Waals surface area contributed by atoms with Gasteiger partial charge in [-0.25, -0.2) is 4.79 Å². The molecule has 1 heterocycles. The van der Waals surface area contributed by atoms with E-state index >= 15 is 0 Å². The number of piperidine rings is 1. The van der Waals surface area contributed by atoms with Crippen LogP contribution in [0.4, 0.5) is 4.79 Å². The van der Waals surface area contributed by atoms with Crippen LogP contribution in [-0.2, 0) is 4.79 Å². The molecule has 21 heavy (non-hydrogen) atoms. The Hall–Kier alpha value is -1.30. The SMILES string of the molecule is CCN1CCC(N(C)C(=O)NC2CCC(C(=O)O)C2)CC1. The second-order valence-electron chi connectivity index (χ2n) is 6.27. The summed E-state index contributed by atoms with van der Waals surface area (Å²) in [6.07, 6.45) is 4.02. The normalized spacial score (nSPS) is 27.5. The van der Waals surface area contributed by atoms with Gasteiger partial charge in [-0.1, -0.05) is 6.92 Å². The fraction of sp³-hybridized carbons (Fsp3) is 0.867. The Bertz CT molecular complexity index is 380. The van der Waals surface area contributed by atoms with Crippen LogP contribution < -0.4 is 5.32 Å². The predicted molar refractivity (Wildman–Crippen MR) is 80.2 cm³/mol. The lowest BCUT2D eigenvalue weighted by Gasteiger charge is -2.36. The van der Waals surface area contributed by atoms with E-state index in [-0.39, 0.29) is 18.0 Å². The molecule has 2 rings (SSSR count). The molecule has 0 aromatic heterocycles. The average molecular weight is 297 g/mol. The van der Waals surface area contributed by atoms with Crippen LogP contribution in [0, 0.1) is 5.92 Å². The van der Waals surface area contributed by atoms with Crippen LogP contribution in [-0.4, -0.2) is 65.7 Å². The minimum atomic E-state index is -0.743. The van der Waals surface area contributed by atoms with Crippen molar-refractivity contribution in [2.75, 3.05) is 26.7 Å². The fourth-order valence-electron chi connectivity index (χ4n) is 3.40. The van der Waals surface area contributed by atoms with Crippen molar-refractivity contribution in [3.05, 3.63) is 0 Å². The summed E-state index contributed by atoms with van der Waals surface area (Å²) in [5.41, 5.74) is 0. The average Bonchev–Trinajstić information content (AvgIpc) is 2.95. The van der Waals surface area contributed by atoms with Gasteiger partial charge in [0, 0.05) is 32.2 Å². The predicted octanol–water partition coefficient (Wildman–Crippen LogP) is 1.37. The van der Waals surface area contributed by atoms with E-state index in [2.05, 4.69) is 17.1 Å². The second kappa shape index (κ2) is 7.11. The largest absolute Gasteiger partial charge is 0.481 e. The molecule has 0 bridgehead atoms. The monoisotopic (exact) mass is 297 g/mol. The van der Waals surface area contributed by atoms with Crippen molar-refractivity contribution in [3.63, 3.8) is 0 Å². The van der Waals surface area contributed by atoms with Gasteiger partial charge in [0.2, 0.25) is 0 Å². The lowest BCUT2D eigenvalue weighted by Crippen LogP contribution is -2.50. The number of carboxylic acids is 1. The van der Waals surface area contributed by atoms with Gasteiger partial charge in [0.25, 0.3) is 0 Å². The Morgan fingerprint density at radius 2 is 1.90 bits per heavy atom. The smallest absolute Gasteiger partial charge is 0.317 e. The lowest BCUT2D eigenvalue weighted by molar-refractivity contribution is -0.141. The van der Waals surface area contributed by atoms with Crippen molar-refractivity contribution in [1.29, 1.82) is 0 Å². The van der Waals surface area contributed by atoms with E-state index in [9.17, 15) is 9.59 Å². The zero-order valence-electron chi connectivity index (χ0n) is 13.0. The molecule has 2 atom stereocenters. The standard InChI is InChI=1S/C15H27N3O3/c1-3-18-8-6-13(7-9-18)17(2)15(21)16-12-5-4-11(10-12)14(19)20/h11-13H,3-10H2,1-2H3,(H,16,21)(H,19,20). The van der Waals surface area contributed by atoms with Crippen LogP contribution in [0.1, 0.15) is 39.0 Å².